The molecule has 0 saturated heterocycles. The molecule has 0 fully saturated rings. The highest BCUT2D eigenvalue weighted by atomic mass is 16.5. The molecule has 3 aromatic rings. The van der Waals surface area contributed by atoms with Gasteiger partial charge in [0.25, 0.3) is 11.5 Å². The minimum absolute atomic E-state index is 0.134. The fourth-order valence-corrected chi connectivity index (χ4v) is 2.42. The van der Waals surface area contributed by atoms with Gasteiger partial charge in [-0.2, -0.15) is 0 Å². The van der Waals surface area contributed by atoms with Crippen LogP contribution in [0.2, 0.25) is 0 Å². The number of benzene rings is 2. The van der Waals surface area contributed by atoms with Crippen molar-refractivity contribution in [2.45, 2.75) is 6.92 Å². The Labute approximate surface area is 138 Å². The topological polar surface area (TPSA) is 73.2 Å². The highest BCUT2D eigenvalue weighted by molar-refractivity contribution is 6.03. The van der Waals surface area contributed by atoms with E-state index in [2.05, 4.69) is 10.3 Å². The van der Waals surface area contributed by atoms with Crippen molar-refractivity contribution in [2.24, 2.45) is 7.05 Å². The fraction of sp³-hybridized carbons (Fsp3) is 0.167. The van der Waals surface area contributed by atoms with Crippen LogP contribution >= 0.6 is 0 Å². The maximum atomic E-state index is 12.4. The van der Waals surface area contributed by atoms with Crippen LogP contribution in [0, 0.1) is 0 Å². The van der Waals surface area contributed by atoms with Crippen molar-refractivity contribution in [2.75, 3.05) is 11.9 Å². The van der Waals surface area contributed by atoms with E-state index in [9.17, 15) is 9.59 Å². The minimum Gasteiger partial charge on any atom is -0.494 e. The number of hydrogen-bond acceptors (Lipinski definition) is 4. The zero-order valence-electron chi connectivity index (χ0n) is 13.4. The van der Waals surface area contributed by atoms with Gasteiger partial charge < -0.3 is 14.6 Å². The molecule has 6 heteroatoms. The highest BCUT2D eigenvalue weighted by Gasteiger charge is 2.16. The lowest BCUT2D eigenvalue weighted by Gasteiger charge is -2.09. The molecular formula is C18H17N3O3. The van der Waals surface area contributed by atoms with Gasteiger partial charge in [-0.25, -0.2) is 4.98 Å². The second-order valence-electron chi connectivity index (χ2n) is 5.22. The number of nitrogens with one attached hydrogen (secondary N) is 1. The van der Waals surface area contributed by atoms with Crippen LogP contribution in [0.3, 0.4) is 0 Å². The van der Waals surface area contributed by atoms with Gasteiger partial charge in [0.15, 0.2) is 5.69 Å². The van der Waals surface area contributed by atoms with E-state index in [-0.39, 0.29) is 5.69 Å². The Morgan fingerprint density at radius 1 is 1.17 bits per heavy atom. The van der Waals surface area contributed by atoms with Crippen LogP contribution in [0.25, 0.3) is 11.0 Å². The molecule has 0 aliphatic rings. The van der Waals surface area contributed by atoms with Gasteiger partial charge >= 0.3 is 0 Å². The number of aromatic nitrogens is 2. The summed E-state index contributed by atoms with van der Waals surface area (Å²) in [6.45, 7) is 2.47. The lowest BCUT2D eigenvalue weighted by atomic mass is 10.2. The summed E-state index contributed by atoms with van der Waals surface area (Å²) in [6.07, 6.45) is 0. The first kappa shape index (κ1) is 15.7. The second-order valence-corrected chi connectivity index (χ2v) is 5.22. The van der Waals surface area contributed by atoms with E-state index in [0.717, 1.165) is 5.75 Å². The third kappa shape index (κ3) is 2.99. The van der Waals surface area contributed by atoms with E-state index in [0.29, 0.717) is 23.3 Å². The predicted molar refractivity (Wildman–Crippen MR) is 92.5 cm³/mol. The van der Waals surface area contributed by atoms with Crippen LogP contribution < -0.4 is 15.6 Å². The molecule has 0 bridgehead atoms. The van der Waals surface area contributed by atoms with E-state index in [1.165, 1.54) is 4.57 Å². The largest absolute Gasteiger partial charge is 0.494 e. The van der Waals surface area contributed by atoms with E-state index in [4.69, 9.17) is 4.74 Å². The number of nitrogens with zero attached hydrogens (tertiary/aromatic N) is 2. The van der Waals surface area contributed by atoms with E-state index < -0.39 is 11.5 Å². The third-order valence-corrected chi connectivity index (χ3v) is 3.62. The lowest BCUT2D eigenvalue weighted by molar-refractivity contribution is 0.102. The molecule has 122 valence electrons. The second kappa shape index (κ2) is 6.54. The molecule has 0 atom stereocenters. The van der Waals surface area contributed by atoms with E-state index in [1.807, 2.05) is 19.1 Å². The monoisotopic (exact) mass is 323 g/mol. The van der Waals surface area contributed by atoms with Crippen LogP contribution in [0.4, 0.5) is 5.69 Å². The maximum absolute atomic E-state index is 12.4. The van der Waals surface area contributed by atoms with Gasteiger partial charge in [0.2, 0.25) is 0 Å². The van der Waals surface area contributed by atoms with Crippen molar-refractivity contribution >= 4 is 22.6 Å². The number of aryl methyl sites for hydroxylation is 1. The quantitative estimate of drug-likeness (QED) is 0.801. The molecule has 0 unspecified atom stereocenters. The minimum atomic E-state index is -0.537. The van der Waals surface area contributed by atoms with E-state index in [1.54, 1.807) is 43.4 Å². The Balaban J connectivity index is 1.91. The lowest BCUT2D eigenvalue weighted by Crippen LogP contribution is -2.29. The Kier molecular flexibility index (Phi) is 4.29. The summed E-state index contributed by atoms with van der Waals surface area (Å²) in [6, 6.07) is 14.1. The molecule has 6 nitrogen and oxygen atoms in total. The number of carbonyl (C=O) groups is 1. The molecule has 1 N–H and O–H groups in total. The average Bonchev–Trinajstić information content (AvgIpc) is 2.60. The smallest absolute Gasteiger partial charge is 0.282 e. The standard InChI is InChI=1S/C18H17N3O3/c1-3-24-13-10-8-12(9-11-13)19-17(22)16-18(23)21(2)15-7-5-4-6-14(15)20-16/h4-11H,3H2,1-2H3,(H,19,22). The molecule has 1 heterocycles. The van der Waals surface area contributed by atoms with Gasteiger partial charge in [0, 0.05) is 12.7 Å². The summed E-state index contributed by atoms with van der Waals surface area (Å²) >= 11 is 0. The zero-order valence-corrected chi connectivity index (χ0v) is 13.4. The van der Waals surface area contributed by atoms with Crippen molar-refractivity contribution in [3.8, 4) is 5.75 Å². The van der Waals surface area contributed by atoms with Crippen LogP contribution in [0.5, 0.6) is 5.75 Å². The zero-order chi connectivity index (χ0) is 17.1. The first-order valence-electron chi connectivity index (χ1n) is 7.60. The van der Waals surface area contributed by atoms with Gasteiger partial charge in [0.1, 0.15) is 5.75 Å². The van der Waals surface area contributed by atoms with Crippen molar-refractivity contribution in [1.29, 1.82) is 0 Å². The molecular weight excluding hydrogens is 306 g/mol. The summed E-state index contributed by atoms with van der Waals surface area (Å²) in [5.41, 5.74) is 1.28. The Morgan fingerprint density at radius 3 is 2.58 bits per heavy atom. The number of para-hydroxylation sites is 2. The van der Waals surface area contributed by atoms with Crippen LogP contribution in [0.1, 0.15) is 17.4 Å². The van der Waals surface area contributed by atoms with Crippen LogP contribution in [-0.4, -0.2) is 22.1 Å². The first-order valence-corrected chi connectivity index (χ1v) is 7.60. The molecule has 1 aromatic heterocycles. The molecule has 0 aliphatic carbocycles. The molecule has 1 amide bonds. The van der Waals surface area contributed by atoms with Gasteiger partial charge in [-0.3, -0.25) is 9.59 Å². The summed E-state index contributed by atoms with van der Waals surface area (Å²) in [5.74, 6) is 0.181. The van der Waals surface area contributed by atoms with Crippen molar-refractivity contribution in [3.05, 3.63) is 64.6 Å². The number of amides is 1. The SMILES string of the molecule is CCOc1ccc(NC(=O)c2nc3ccccc3n(C)c2=O)cc1. The molecule has 3 rings (SSSR count). The fourth-order valence-electron chi connectivity index (χ4n) is 2.42. The maximum Gasteiger partial charge on any atom is 0.282 e. The Bertz CT molecular complexity index is 946. The number of anilines is 1. The van der Waals surface area contributed by atoms with Gasteiger partial charge in [-0.15, -0.1) is 0 Å². The number of rotatable bonds is 4. The molecule has 0 saturated carbocycles. The Morgan fingerprint density at radius 2 is 1.88 bits per heavy atom. The highest BCUT2D eigenvalue weighted by Crippen LogP contribution is 2.16. The Hall–Kier alpha value is -3.15. The van der Waals surface area contributed by atoms with Crippen LogP contribution in [0.15, 0.2) is 53.3 Å². The van der Waals surface area contributed by atoms with Crippen molar-refractivity contribution in [3.63, 3.8) is 0 Å². The first-order chi connectivity index (χ1) is 11.6. The molecule has 24 heavy (non-hydrogen) atoms. The number of carbonyl (C=O) groups excluding carboxylic acids is 1. The van der Waals surface area contributed by atoms with Crippen molar-refractivity contribution < 1.29 is 9.53 Å². The summed E-state index contributed by atoms with van der Waals surface area (Å²) in [5, 5.41) is 2.69. The number of fused-ring (bicyclic) bond motifs is 1. The molecule has 0 aliphatic heterocycles. The number of hydrogen-bond donors (Lipinski definition) is 1. The van der Waals surface area contributed by atoms with Gasteiger partial charge in [0.05, 0.1) is 17.6 Å². The normalized spacial score (nSPS) is 10.6. The molecule has 0 spiro atoms. The van der Waals surface area contributed by atoms with E-state index >= 15 is 0 Å². The third-order valence-electron chi connectivity index (χ3n) is 3.62. The average molecular weight is 323 g/mol. The predicted octanol–water partition coefficient (Wildman–Crippen LogP) is 2.58. The van der Waals surface area contributed by atoms with Crippen LogP contribution in [-0.2, 0) is 7.05 Å². The van der Waals surface area contributed by atoms with Crippen molar-refractivity contribution in [1.82, 2.24) is 9.55 Å². The van der Waals surface area contributed by atoms with Gasteiger partial charge in [-0.05, 0) is 43.3 Å². The molecule has 2 aromatic carbocycles. The summed E-state index contributed by atoms with van der Waals surface area (Å²) in [7, 11) is 1.63. The summed E-state index contributed by atoms with van der Waals surface area (Å²) in [4.78, 5) is 29.0. The van der Waals surface area contributed by atoms with Gasteiger partial charge in [-0.1, -0.05) is 12.1 Å². The molecule has 0 radical (unpaired) electrons. The summed E-state index contributed by atoms with van der Waals surface area (Å²) < 4.78 is 6.78. The number of ether oxygens (including phenoxy) is 1.